The lowest BCUT2D eigenvalue weighted by atomic mass is 9.98. The Morgan fingerprint density at radius 2 is 1.56 bits per heavy atom. The molecule has 1 aromatic heterocycles. The Kier molecular flexibility index (Phi) is 9.50. The predicted molar refractivity (Wildman–Crippen MR) is 130 cm³/mol. The molecule has 0 amide bonds. The second-order valence-electron chi connectivity index (χ2n) is 7.09. The number of ether oxygens (including phenoxy) is 5. The number of hydrogen-bond donors (Lipinski definition) is 0. The van der Waals surface area contributed by atoms with Crippen molar-refractivity contribution in [3.8, 4) is 28.7 Å². The van der Waals surface area contributed by atoms with E-state index in [1.165, 1.54) is 33.5 Å². The SMILES string of the molecule is CCCOc1c(OC)cc(C(=O)c2cncc3c(OC(C)=O)c(OCC)ccc23)cc1OC.Cl. The van der Waals surface area contributed by atoms with Crippen LogP contribution in [0.1, 0.15) is 43.1 Å². The standard InChI is InChI=1S/C25H27NO7.ClH/c1-6-10-32-25-21(29-4)11-16(12-22(25)30-5)23(28)18-13-26-14-19-17(18)8-9-20(31-7-2)24(19)33-15(3)27;/h8-9,11-14H,6-7,10H2,1-5H3;1H. The van der Waals surface area contributed by atoms with Crippen molar-refractivity contribution < 1.29 is 33.3 Å². The van der Waals surface area contributed by atoms with E-state index in [9.17, 15) is 9.59 Å². The van der Waals surface area contributed by atoms with Crippen LogP contribution in [0, 0.1) is 0 Å². The number of aromatic nitrogens is 1. The Hall–Kier alpha value is -3.52. The summed E-state index contributed by atoms with van der Waals surface area (Å²) in [5.74, 6) is 1.03. The summed E-state index contributed by atoms with van der Waals surface area (Å²) in [6.45, 7) is 5.99. The van der Waals surface area contributed by atoms with Gasteiger partial charge in [-0.15, -0.1) is 12.4 Å². The molecule has 0 radical (unpaired) electrons. The third kappa shape index (κ3) is 5.51. The average molecular weight is 490 g/mol. The molecule has 0 saturated carbocycles. The number of carbonyl (C=O) groups excluding carboxylic acids is 2. The highest BCUT2D eigenvalue weighted by Gasteiger charge is 2.22. The molecule has 1 heterocycles. The molecule has 0 aliphatic rings. The van der Waals surface area contributed by atoms with E-state index >= 15 is 0 Å². The fourth-order valence-corrected chi connectivity index (χ4v) is 3.41. The van der Waals surface area contributed by atoms with Gasteiger partial charge in [0.2, 0.25) is 5.75 Å². The number of esters is 1. The van der Waals surface area contributed by atoms with E-state index in [4.69, 9.17) is 23.7 Å². The van der Waals surface area contributed by atoms with E-state index in [1.54, 1.807) is 24.3 Å². The fourth-order valence-electron chi connectivity index (χ4n) is 3.41. The van der Waals surface area contributed by atoms with E-state index in [0.717, 1.165) is 6.42 Å². The Morgan fingerprint density at radius 3 is 2.12 bits per heavy atom. The van der Waals surface area contributed by atoms with Gasteiger partial charge in [-0.1, -0.05) is 6.92 Å². The van der Waals surface area contributed by atoms with Crippen molar-refractivity contribution in [1.82, 2.24) is 4.98 Å². The van der Waals surface area contributed by atoms with Gasteiger partial charge < -0.3 is 23.7 Å². The molecule has 8 nitrogen and oxygen atoms in total. The minimum atomic E-state index is -0.502. The normalized spacial score (nSPS) is 10.3. The summed E-state index contributed by atoms with van der Waals surface area (Å²) in [5.41, 5.74) is 0.667. The molecule has 0 N–H and O–H groups in total. The molecule has 34 heavy (non-hydrogen) atoms. The maximum absolute atomic E-state index is 13.5. The zero-order chi connectivity index (χ0) is 24.0. The molecule has 3 rings (SSSR count). The highest BCUT2D eigenvalue weighted by atomic mass is 35.5. The fraction of sp³-hybridized carbons (Fsp3) is 0.320. The van der Waals surface area contributed by atoms with E-state index in [0.29, 0.717) is 58.1 Å². The first-order valence-corrected chi connectivity index (χ1v) is 10.6. The quantitative estimate of drug-likeness (QED) is 0.223. The lowest BCUT2D eigenvalue weighted by Gasteiger charge is -2.16. The molecule has 0 spiro atoms. The molecule has 0 atom stereocenters. The van der Waals surface area contributed by atoms with Crippen LogP contribution >= 0.6 is 12.4 Å². The highest BCUT2D eigenvalue weighted by molar-refractivity contribution is 6.17. The van der Waals surface area contributed by atoms with Gasteiger partial charge in [-0.2, -0.15) is 0 Å². The minimum Gasteiger partial charge on any atom is -0.493 e. The van der Waals surface area contributed by atoms with Crippen molar-refractivity contribution in [2.45, 2.75) is 27.2 Å². The molecular weight excluding hydrogens is 462 g/mol. The summed E-state index contributed by atoms with van der Waals surface area (Å²) >= 11 is 0. The van der Waals surface area contributed by atoms with Crippen LogP contribution < -0.4 is 23.7 Å². The number of halogens is 1. The van der Waals surface area contributed by atoms with Crippen LogP contribution in [0.25, 0.3) is 10.8 Å². The van der Waals surface area contributed by atoms with E-state index in [1.807, 2.05) is 13.8 Å². The number of methoxy groups -OCH3 is 2. The zero-order valence-electron chi connectivity index (χ0n) is 19.8. The average Bonchev–Trinajstić information content (AvgIpc) is 2.82. The zero-order valence-corrected chi connectivity index (χ0v) is 20.6. The van der Waals surface area contributed by atoms with Gasteiger partial charge in [-0.05, 0) is 43.0 Å². The maximum atomic E-state index is 13.5. The number of rotatable bonds is 10. The number of nitrogens with zero attached hydrogens (tertiary/aromatic N) is 1. The number of pyridine rings is 1. The summed E-state index contributed by atoms with van der Waals surface area (Å²) < 4.78 is 27.7. The van der Waals surface area contributed by atoms with Crippen LogP contribution in [0.2, 0.25) is 0 Å². The van der Waals surface area contributed by atoms with E-state index in [2.05, 4.69) is 4.98 Å². The van der Waals surface area contributed by atoms with Crippen molar-refractivity contribution in [2.75, 3.05) is 27.4 Å². The lowest BCUT2D eigenvalue weighted by molar-refractivity contribution is -0.131. The van der Waals surface area contributed by atoms with Crippen LogP contribution in [-0.2, 0) is 4.79 Å². The minimum absolute atomic E-state index is 0. The molecule has 0 aliphatic heterocycles. The second-order valence-corrected chi connectivity index (χ2v) is 7.09. The van der Waals surface area contributed by atoms with Gasteiger partial charge in [-0.25, -0.2) is 0 Å². The highest BCUT2D eigenvalue weighted by Crippen LogP contribution is 2.41. The summed E-state index contributed by atoms with van der Waals surface area (Å²) in [6.07, 6.45) is 3.82. The Labute approximate surface area is 204 Å². The van der Waals surface area contributed by atoms with E-state index in [-0.39, 0.29) is 23.9 Å². The van der Waals surface area contributed by atoms with Crippen molar-refractivity contribution in [2.24, 2.45) is 0 Å². The number of benzene rings is 2. The molecule has 0 unspecified atom stereocenters. The first kappa shape index (κ1) is 26.7. The number of carbonyl (C=O) groups is 2. The Morgan fingerprint density at radius 1 is 0.882 bits per heavy atom. The predicted octanol–water partition coefficient (Wildman–Crippen LogP) is 5.02. The third-order valence-corrected chi connectivity index (χ3v) is 4.82. The lowest BCUT2D eigenvalue weighted by Crippen LogP contribution is -2.08. The molecule has 0 bridgehead atoms. The van der Waals surface area contributed by atoms with Gasteiger partial charge in [-0.3, -0.25) is 14.6 Å². The van der Waals surface area contributed by atoms with Gasteiger partial charge in [0.25, 0.3) is 0 Å². The van der Waals surface area contributed by atoms with Crippen LogP contribution in [0.4, 0.5) is 0 Å². The molecule has 182 valence electrons. The Bertz CT molecular complexity index is 1150. The monoisotopic (exact) mass is 489 g/mol. The van der Waals surface area contributed by atoms with Gasteiger partial charge in [0, 0.05) is 35.8 Å². The van der Waals surface area contributed by atoms with Crippen LogP contribution in [0.5, 0.6) is 28.7 Å². The molecule has 9 heteroatoms. The molecule has 2 aromatic carbocycles. The number of hydrogen-bond acceptors (Lipinski definition) is 8. The molecular formula is C25H28ClNO7. The largest absolute Gasteiger partial charge is 0.493 e. The summed E-state index contributed by atoms with van der Waals surface area (Å²) in [7, 11) is 3.00. The maximum Gasteiger partial charge on any atom is 0.308 e. The molecule has 3 aromatic rings. The van der Waals surface area contributed by atoms with Gasteiger partial charge in [0.05, 0.1) is 27.4 Å². The Balaban J connectivity index is 0.00000408. The molecule has 0 saturated heterocycles. The van der Waals surface area contributed by atoms with Crippen molar-refractivity contribution >= 4 is 34.9 Å². The first-order chi connectivity index (χ1) is 15.9. The molecule has 0 fully saturated rings. The van der Waals surface area contributed by atoms with Crippen LogP contribution in [-0.4, -0.2) is 44.2 Å². The van der Waals surface area contributed by atoms with Crippen LogP contribution in [0.3, 0.4) is 0 Å². The summed E-state index contributed by atoms with van der Waals surface area (Å²) in [6, 6.07) is 6.63. The van der Waals surface area contributed by atoms with Gasteiger partial charge in [0.15, 0.2) is 28.8 Å². The summed E-state index contributed by atoms with van der Waals surface area (Å²) in [4.78, 5) is 29.4. The second kappa shape index (κ2) is 12.1. The van der Waals surface area contributed by atoms with Gasteiger partial charge in [0.1, 0.15) is 0 Å². The first-order valence-electron chi connectivity index (χ1n) is 10.6. The van der Waals surface area contributed by atoms with Crippen LogP contribution in [0.15, 0.2) is 36.7 Å². The number of ketones is 1. The molecule has 0 aliphatic carbocycles. The van der Waals surface area contributed by atoms with Crippen molar-refractivity contribution in [1.29, 1.82) is 0 Å². The summed E-state index contributed by atoms with van der Waals surface area (Å²) in [5, 5.41) is 1.06. The van der Waals surface area contributed by atoms with Gasteiger partial charge >= 0.3 is 5.97 Å². The third-order valence-electron chi connectivity index (χ3n) is 4.82. The smallest absolute Gasteiger partial charge is 0.308 e. The van der Waals surface area contributed by atoms with Crippen molar-refractivity contribution in [3.05, 3.63) is 47.8 Å². The number of fused-ring (bicyclic) bond motifs is 1. The van der Waals surface area contributed by atoms with Crippen molar-refractivity contribution in [3.63, 3.8) is 0 Å². The van der Waals surface area contributed by atoms with E-state index < -0.39 is 5.97 Å². The topological polar surface area (TPSA) is 93.2 Å².